The highest BCUT2D eigenvalue weighted by Gasteiger charge is 2.01. The maximum atomic E-state index is 4.05. The van der Waals surface area contributed by atoms with E-state index in [9.17, 15) is 0 Å². The van der Waals surface area contributed by atoms with Gasteiger partial charge in [0, 0.05) is 0 Å². The molecule has 0 bridgehead atoms. The molecule has 0 fully saturated rings. The van der Waals surface area contributed by atoms with E-state index >= 15 is 0 Å². The molecule has 0 aliphatic carbocycles. The van der Waals surface area contributed by atoms with Crippen molar-refractivity contribution >= 4 is 6.08 Å². The number of rotatable bonds is 0. The molecule has 0 aromatic heterocycles. The predicted octanol–water partition coefficient (Wildman–Crippen LogP) is 3.01. The topological polar surface area (TPSA) is 24.7 Å². The van der Waals surface area contributed by atoms with E-state index in [0.29, 0.717) is 6.54 Å². The summed E-state index contributed by atoms with van der Waals surface area (Å²) >= 11 is 0. The van der Waals surface area contributed by atoms with Crippen molar-refractivity contribution in [1.29, 1.82) is 0 Å². The minimum Gasteiger partial charge on any atom is -0.184 e. The molecular weight excluding hydrogens is 148 g/mol. The van der Waals surface area contributed by atoms with E-state index in [2.05, 4.69) is 28.4 Å². The Labute approximate surface area is 71.6 Å². The molecule has 0 N–H and O–H groups in total. The number of hydrogen-bond acceptors (Lipinski definition) is 2. The van der Waals surface area contributed by atoms with Crippen LogP contribution in [-0.4, -0.2) is 0 Å². The molecule has 1 aromatic rings. The van der Waals surface area contributed by atoms with Gasteiger partial charge in [-0.25, -0.2) is 0 Å². The van der Waals surface area contributed by atoms with E-state index in [1.54, 1.807) is 0 Å². The zero-order chi connectivity index (χ0) is 8.39. The zero-order valence-electron chi connectivity index (χ0n) is 6.99. The van der Waals surface area contributed by atoms with Gasteiger partial charge in [0.15, 0.2) is 0 Å². The van der Waals surface area contributed by atoms with Crippen molar-refractivity contribution in [3.63, 3.8) is 0 Å². The summed E-state index contributed by atoms with van der Waals surface area (Å²) in [6, 6.07) is 8.25. The molecular formula is C10H10N2. The van der Waals surface area contributed by atoms with Crippen molar-refractivity contribution in [2.75, 3.05) is 0 Å². The van der Waals surface area contributed by atoms with Crippen molar-refractivity contribution in [2.24, 2.45) is 10.2 Å². The molecule has 2 heteroatoms. The third-order valence-corrected chi connectivity index (χ3v) is 1.89. The SMILES string of the molecule is CC1=Cc2ccccc2CN=N1. The van der Waals surface area contributed by atoms with E-state index < -0.39 is 0 Å². The van der Waals surface area contributed by atoms with E-state index in [-0.39, 0.29) is 0 Å². The number of hydrogen-bond donors (Lipinski definition) is 0. The second-order valence-electron chi connectivity index (χ2n) is 2.88. The second kappa shape index (κ2) is 2.89. The molecule has 1 heterocycles. The van der Waals surface area contributed by atoms with Crippen LogP contribution in [0.15, 0.2) is 40.2 Å². The molecule has 0 saturated heterocycles. The third kappa shape index (κ3) is 1.28. The Bertz CT molecular complexity index is 351. The Morgan fingerprint density at radius 1 is 1.25 bits per heavy atom. The highest BCUT2D eigenvalue weighted by molar-refractivity contribution is 5.56. The third-order valence-electron chi connectivity index (χ3n) is 1.89. The Morgan fingerprint density at radius 2 is 2.08 bits per heavy atom. The molecule has 1 aliphatic rings. The normalized spacial score (nSPS) is 14.9. The molecule has 0 atom stereocenters. The van der Waals surface area contributed by atoms with E-state index in [0.717, 1.165) is 5.70 Å². The van der Waals surface area contributed by atoms with Crippen LogP contribution in [0.1, 0.15) is 18.1 Å². The van der Waals surface area contributed by atoms with E-state index in [1.807, 2.05) is 19.1 Å². The van der Waals surface area contributed by atoms with Crippen LogP contribution < -0.4 is 0 Å². The predicted molar refractivity (Wildman–Crippen MR) is 48.7 cm³/mol. The van der Waals surface area contributed by atoms with Gasteiger partial charge in [-0.1, -0.05) is 24.3 Å². The van der Waals surface area contributed by atoms with Gasteiger partial charge in [0.05, 0.1) is 12.2 Å². The summed E-state index contributed by atoms with van der Waals surface area (Å²) in [5, 5.41) is 8.07. The molecule has 12 heavy (non-hydrogen) atoms. The maximum absolute atomic E-state index is 4.05. The number of nitrogens with zero attached hydrogens (tertiary/aromatic N) is 2. The number of benzene rings is 1. The van der Waals surface area contributed by atoms with Crippen LogP contribution >= 0.6 is 0 Å². The highest BCUT2D eigenvalue weighted by Crippen LogP contribution is 2.18. The summed E-state index contributed by atoms with van der Waals surface area (Å²) in [5.74, 6) is 0. The minimum atomic E-state index is 0.698. The molecule has 2 rings (SSSR count). The van der Waals surface area contributed by atoms with Gasteiger partial charge in [-0.3, -0.25) is 0 Å². The van der Waals surface area contributed by atoms with Gasteiger partial charge in [-0.2, -0.15) is 10.2 Å². The van der Waals surface area contributed by atoms with Gasteiger partial charge in [0.1, 0.15) is 0 Å². The highest BCUT2D eigenvalue weighted by atomic mass is 15.1. The van der Waals surface area contributed by atoms with Gasteiger partial charge >= 0.3 is 0 Å². The van der Waals surface area contributed by atoms with Crippen LogP contribution in [0.2, 0.25) is 0 Å². The Balaban J connectivity index is 2.54. The van der Waals surface area contributed by atoms with Gasteiger partial charge in [-0.05, 0) is 24.1 Å². The summed E-state index contributed by atoms with van der Waals surface area (Å²) in [5.41, 5.74) is 3.46. The molecule has 1 aliphatic heterocycles. The fourth-order valence-electron chi connectivity index (χ4n) is 1.30. The van der Waals surface area contributed by atoms with Crippen LogP contribution in [0, 0.1) is 0 Å². The standard InChI is InChI=1S/C10H10N2/c1-8-6-9-4-2-3-5-10(9)7-11-12-8/h2-6H,7H2,1H3. The molecule has 0 saturated carbocycles. The largest absolute Gasteiger partial charge is 0.184 e. The van der Waals surface area contributed by atoms with Gasteiger partial charge in [0.25, 0.3) is 0 Å². The Kier molecular flexibility index (Phi) is 1.74. The lowest BCUT2D eigenvalue weighted by atomic mass is 10.1. The first-order chi connectivity index (χ1) is 5.86. The first kappa shape index (κ1) is 7.22. The van der Waals surface area contributed by atoms with Crippen LogP contribution in [0.5, 0.6) is 0 Å². The monoisotopic (exact) mass is 158 g/mol. The molecule has 0 unspecified atom stereocenters. The summed E-state index contributed by atoms with van der Waals surface area (Å²) in [6.45, 7) is 2.66. The fourth-order valence-corrected chi connectivity index (χ4v) is 1.30. The van der Waals surface area contributed by atoms with Gasteiger partial charge in [0.2, 0.25) is 0 Å². The van der Waals surface area contributed by atoms with Crippen molar-refractivity contribution in [3.8, 4) is 0 Å². The van der Waals surface area contributed by atoms with Crippen molar-refractivity contribution in [1.82, 2.24) is 0 Å². The minimum absolute atomic E-state index is 0.698. The van der Waals surface area contributed by atoms with Crippen molar-refractivity contribution in [3.05, 3.63) is 41.1 Å². The first-order valence-electron chi connectivity index (χ1n) is 4.00. The molecule has 60 valence electrons. The Morgan fingerprint density at radius 3 is 3.00 bits per heavy atom. The second-order valence-corrected chi connectivity index (χ2v) is 2.88. The van der Waals surface area contributed by atoms with Crippen LogP contribution in [0.3, 0.4) is 0 Å². The van der Waals surface area contributed by atoms with E-state index in [4.69, 9.17) is 0 Å². The summed E-state index contributed by atoms with van der Waals surface area (Å²) in [6.07, 6.45) is 2.06. The van der Waals surface area contributed by atoms with E-state index in [1.165, 1.54) is 11.1 Å². The maximum Gasteiger partial charge on any atom is 0.0859 e. The number of azo groups is 1. The van der Waals surface area contributed by atoms with Crippen LogP contribution in [0.4, 0.5) is 0 Å². The van der Waals surface area contributed by atoms with Crippen molar-refractivity contribution in [2.45, 2.75) is 13.5 Å². The zero-order valence-corrected chi connectivity index (χ0v) is 6.99. The summed E-state index contributed by atoms with van der Waals surface area (Å²) in [4.78, 5) is 0. The molecule has 1 aromatic carbocycles. The number of allylic oxidation sites excluding steroid dienone is 1. The van der Waals surface area contributed by atoms with Gasteiger partial charge in [-0.15, -0.1) is 0 Å². The van der Waals surface area contributed by atoms with Gasteiger partial charge < -0.3 is 0 Å². The number of fused-ring (bicyclic) bond motifs is 1. The molecule has 2 nitrogen and oxygen atoms in total. The fraction of sp³-hybridized carbons (Fsp3) is 0.200. The molecule has 0 amide bonds. The molecule has 0 radical (unpaired) electrons. The average Bonchev–Trinajstić information content (AvgIpc) is 2.25. The Hall–Kier alpha value is -1.44. The first-order valence-corrected chi connectivity index (χ1v) is 4.00. The van der Waals surface area contributed by atoms with Crippen LogP contribution in [0.25, 0.3) is 6.08 Å². The van der Waals surface area contributed by atoms with Crippen LogP contribution in [-0.2, 0) is 6.54 Å². The smallest absolute Gasteiger partial charge is 0.0859 e. The summed E-state index contributed by atoms with van der Waals surface area (Å²) < 4.78 is 0. The summed E-state index contributed by atoms with van der Waals surface area (Å²) in [7, 11) is 0. The lowest BCUT2D eigenvalue weighted by Crippen LogP contribution is -1.83. The quantitative estimate of drug-likeness (QED) is 0.554. The lowest BCUT2D eigenvalue weighted by Gasteiger charge is -1.98. The van der Waals surface area contributed by atoms with Crippen molar-refractivity contribution < 1.29 is 0 Å². The molecule has 0 spiro atoms. The average molecular weight is 158 g/mol. The lowest BCUT2D eigenvalue weighted by molar-refractivity contribution is 0.942.